The molecular weight excluding hydrogens is 919 g/mol. The highest BCUT2D eigenvalue weighted by Crippen LogP contribution is 2.23. The van der Waals surface area contributed by atoms with Crippen LogP contribution in [0.15, 0.2) is 72.9 Å². The fourth-order valence-electron chi connectivity index (χ4n) is 8.79. The van der Waals surface area contributed by atoms with Crippen LogP contribution in [0.25, 0.3) is 0 Å². The van der Waals surface area contributed by atoms with Gasteiger partial charge in [0.2, 0.25) is 5.91 Å². The number of allylic oxidation sites excluding steroid dienone is 11. The number of esters is 1. The summed E-state index contributed by atoms with van der Waals surface area (Å²) in [6, 6.07) is -0.848. The summed E-state index contributed by atoms with van der Waals surface area (Å²) in [7, 11) is 0. The van der Waals surface area contributed by atoms with Gasteiger partial charge in [-0.1, -0.05) is 189 Å². The van der Waals surface area contributed by atoms with Crippen molar-refractivity contribution in [3.05, 3.63) is 72.9 Å². The van der Waals surface area contributed by atoms with Crippen molar-refractivity contribution in [3.63, 3.8) is 0 Å². The second-order valence-corrected chi connectivity index (χ2v) is 20.3. The lowest BCUT2D eigenvalue weighted by atomic mass is 9.99. The number of unbranched alkanes of at least 4 members (excludes halogenated alkanes) is 26. The molecule has 0 saturated carbocycles. The number of ether oxygens (including phenoxy) is 3. The van der Waals surface area contributed by atoms with Gasteiger partial charge in [0.15, 0.2) is 6.29 Å². The van der Waals surface area contributed by atoms with Gasteiger partial charge in [0, 0.05) is 12.8 Å². The van der Waals surface area contributed by atoms with Crippen molar-refractivity contribution in [2.24, 2.45) is 0 Å². The predicted octanol–water partition coefficient (Wildman–Crippen LogP) is 13.6. The third-order valence-electron chi connectivity index (χ3n) is 13.5. The molecule has 1 aliphatic rings. The zero-order valence-corrected chi connectivity index (χ0v) is 46.3. The van der Waals surface area contributed by atoms with E-state index in [0.717, 1.165) is 103 Å². The van der Waals surface area contributed by atoms with E-state index in [2.05, 4.69) is 79.9 Å². The molecule has 11 heteroatoms. The number of aliphatic hydroxyl groups excluding tert-OH is 5. The van der Waals surface area contributed by atoms with Crippen LogP contribution in [0.4, 0.5) is 0 Å². The molecule has 0 radical (unpaired) electrons. The Bertz CT molecular complexity index is 1440. The number of carbonyl (C=O) groups excluding carboxylic acids is 2. The van der Waals surface area contributed by atoms with Crippen LogP contribution >= 0.6 is 0 Å². The Labute approximate surface area is 445 Å². The monoisotopic (exact) mass is 1030 g/mol. The zero-order valence-electron chi connectivity index (χ0n) is 46.3. The van der Waals surface area contributed by atoms with Gasteiger partial charge in [0.05, 0.1) is 32.0 Å². The minimum Gasteiger partial charge on any atom is -0.466 e. The number of hydrogen-bond acceptors (Lipinski definition) is 10. The van der Waals surface area contributed by atoms with Gasteiger partial charge >= 0.3 is 5.97 Å². The van der Waals surface area contributed by atoms with Crippen LogP contribution in [0.3, 0.4) is 0 Å². The molecule has 7 atom stereocenters. The Morgan fingerprint density at radius 1 is 0.521 bits per heavy atom. The summed E-state index contributed by atoms with van der Waals surface area (Å²) in [6.07, 6.45) is 57.3. The number of hydrogen-bond donors (Lipinski definition) is 6. The maximum Gasteiger partial charge on any atom is 0.305 e. The summed E-state index contributed by atoms with van der Waals surface area (Å²) in [5, 5.41) is 54.2. The first-order chi connectivity index (χ1) is 35.7. The van der Waals surface area contributed by atoms with Crippen molar-refractivity contribution in [1.29, 1.82) is 0 Å². The molecule has 1 rings (SSSR count). The number of aliphatic hydroxyl groups is 5. The number of carbonyl (C=O) groups is 2. The molecule has 0 aliphatic carbocycles. The van der Waals surface area contributed by atoms with Crippen LogP contribution in [-0.2, 0) is 23.8 Å². The highest BCUT2D eigenvalue weighted by molar-refractivity contribution is 5.76. The van der Waals surface area contributed by atoms with Gasteiger partial charge in [0.25, 0.3) is 0 Å². The standard InChI is InChI=1S/C62H109NO10/c1-3-5-7-9-11-13-15-16-17-18-21-24-27-30-34-38-42-46-50-58(67)71-51-47-43-39-35-31-28-25-22-19-20-23-26-29-33-37-41-45-49-57(66)63-54(53-72-62-61(70)60(69)59(68)56(52-64)73-62)55(65)48-44-40-36-32-14-12-10-8-6-4-2/h6,8,14,17-19,22,28,31-32,44,48,54-56,59-62,64-65,68-70H,3-5,7,9-13,15-16,20-21,23-27,29-30,33-43,45-47,49-53H2,1-2H3,(H,63,66)/b8-6+,18-17-,22-19-,31-28-,32-14+,48-44+. The fourth-order valence-corrected chi connectivity index (χ4v) is 8.79. The highest BCUT2D eigenvalue weighted by Gasteiger charge is 2.44. The molecular formula is C62H109NO10. The smallest absolute Gasteiger partial charge is 0.305 e. The average Bonchev–Trinajstić information content (AvgIpc) is 3.39. The second kappa shape index (κ2) is 51.2. The van der Waals surface area contributed by atoms with Crippen LogP contribution in [0, 0.1) is 0 Å². The van der Waals surface area contributed by atoms with E-state index in [9.17, 15) is 35.1 Å². The molecule has 73 heavy (non-hydrogen) atoms. The SMILES string of the molecule is CC/C=C/CC/C=C/CC/C=C/C(O)C(COC1OC(CO)C(O)C(O)C1O)NC(=O)CCCCCCCCC/C=C\C/C=C\CCCCCOC(=O)CCCCCCCCC/C=C\CCCCCCCCC. The molecule has 7 unspecified atom stereocenters. The van der Waals surface area contributed by atoms with E-state index in [1.165, 1.54) is 109 Å². The van der Waals surface area contributed by atoms with E-state index < -0.39 is 49.5 Å². The van der Waals surface area contributed by atoms with E-state index in [1.807, 2.05) is 6.08 Å². The molecule has 0 spiro atoms. The van der Waals surface area contributed by atoms with Gasteiger partial charge in [-0.25, -0.2) is 0 Å². The number of amides is 1. The van der Waals surface area contributed by atoms with E-state index in [0.29, 0.717) is 25.9 Å². The van der Waals surface area contributed by atoms with Crippen LogP contribution in [0.5, 0.6) is 0 Å². The third-order valence-corrected chi connectivity index (χ3v) is 13.5. The third kappa shape index (κ3) is 41.0. The summed E-state index contributed by atoms with van der Waals surface area (Å²) < 4.78 is 16.6. The normalized spacial score (nSPS) is 19.5. The molecule has 1 fully saturated rings. The topological polar surface area (TPSA) is 175 Å². The summed E-state index contributed by atoms with van der Waals surface area (Å²) in [6.45, 7) is 4.13. The fraction of sp³-hybridized carbons (Fsp3) is 0.774. The summed E-state index contributed by atoms with van der Waals surface area (Å²) in [4.78, 5) is 25.1. The van der Waals surface area contributed by atoms with Crippen LogP contribution in [-0.4, -0.2) is 100 Å². The van der Waals surface area contributed by atoms with Gasteiger partial charge in [-0.05, 0) is 116 Å². The second-order valence-electron chi connectivity index (χ2n) is 20.3. The first kappa shape index (κ1) is 68.1. The minimum absolute atomic E-state index is 0.0376. The summed E-state index contributed by atoms with van der Waals surface area (Å²) >= 11 is 0. The lowest BCUT2D eigenvalue weighted by molar-refractivity contribution is -0.302. The maximum absolute atomic E-state index is 13.0. The largest absolute Gasteiger partial charge is 0.466 e. The molecule has 0 aromatic heterocycles. The Kier molecular flexibility index (Phi) is 47.8. The van der Waals surface area contributed by atoms with E-state index in [-0.39, 0.29) is 18.5 Å². The van der Waals surface area contributed by atoms with Crippen molar-refractivity contribution >= 4 is 11.9 Å². The van der Waals surface area contributed by atoms with Gasteiger partial charge < -0.3 is 45.1 Å². The lowest BCUT2D eigenvalue weighted by Gasteiger charge is -2.40. The Balaban J connectivity index is 2.08. The first-order valence-electron chi connectivity index (χ1n) is 29.7. The van der Waals surface area contributed by atoms with Gasteiger partial charge in [-0.15, -0.1) is 0 Å². The van der Waals surface area contributed by atoms with E-state index in [1.54, 1.807) is 6.08 Å². The molecule has 0 bridgehead atoms. The van der Waals surface area contributed by atoms with Crippen molar-refractivity contribution in [2.45, 2.75) is 288 Å². The van der Waals surface area contributed by atoms with Crippen molar-refractivity contribution in [2.75, 3.05) is 19.8 Å². The highest BCUT2D eigenvalue weighted by atomic mass is 16.7. The Morgan fingerprint density at radius 3 is 1.51 bits per heavy atom. The molecule has 0 aromatic rings. The van der Waals surface area contributed by atoms with Crippen LogP contribution in [0.2, 0.25) is 0 Å². The predicted molar refractivity (Wildman–Crippen MR) is 301 cm³/mol. The Hall–Kier alpha value is -2.90. The molecule has 6 N–H and O–H groups in total. The van der Waals surface area contributed by atoms with Gasteiger partial charge in [0.1, 0.15) is 24.4 Å². The van der Waals surface area contributed by atoms with Crippen molar-refractivity contribution < 1.29 is 49.3 Å². The van der Waals surface area contributed by atoms with Crippen molar-refractivity contribution in [3.8, 4) is 0 Å². The molecule has 0 aromatic carbocycles. The zero-order chi connectivity index (χ0) is 53.1. The molecule has 422 valence electrons. The first-order valence-corrected chi connectivity index (χ1v) is 29.7. The maximum atomic E-state index is 13.0. The molecule has 1 heterocycles. The number of nitrogens with one attached hydrogen (secondary N) is 1. The van der Waals surface area contributed by atoms with E-state index in [4.69, 9.17) is 14.2 Å². The minimum atomic E-state index is -1.59. The number of rotatable bonds is 50. The lowest BCUT2D eigenvalue weighted by Crippen LogP contribution is -2.60. The summed E-state index contributed by atoms with van der Waals surface area (Å²) in [5.74, 6) is -0.254. The average molecular weight is 1030 g/mol. The quantitative estimate of drug-likeness (QED) is 0.0195. The molecule has 1 saturated heterocycles. The molecule has 1 aliphatic heterocycles. The molecule has 11 nitrogen and oxygen atoms in total. The Morgan fingerprint density at radius 2 is 0.973 bits per heavy atom. The van der Waals surface area contributed by atoms with Gasteiger partial charge in [-0.3, -0.25) is 9.59 Å². The van der Waals surface area contributed by atoms with E-state index >= 15 is 0 Å². The summed E-state index contributed by atoms with van der Waals surface area (Å²) in [5.41, 5.74) is 0. The molecule has 1 amide bonds. The van der Waals surface area contributed by atoms with Gasteiger partial charge in [-0.2, -0.15) is 0 Å². The van der Waals surface area contributed by atoms with Crippen molar-refractivity contribution in [1.82, 2.24) is 5.32 Å². The van der Waals surface area contributed by atoms with Crippen LogP contribution < -0.4 is 5.32 Å². The van der Waals surface area contributed by atoms with Crippen LogP contribution in [0.1, 0.15) is 245 Å².